The Morgan fingerprint density at radius 3 is 2.57 bits per heavy atom. The number of nitrogens with one attached hydrogen (secondary N) is 1. The first kappa shape index (κ1) is 13.9. The molecule has 1 atom stereocenters. The number of ether oxygens (including phenoxy) is 1. The fourth-order valence-electron chi connectivity index (χ4n) is 1.39. The maximum Gasteiger partial charge on any atom is 0.0499 e. The molecular weight excluding hydrogens is 178 g/mol. The van der Waals surface area contributed by atoms with E-state index in [0.29, 0.717) is 5.92 Å². The summed E-state index contributed by atoms with van der Waals surface area (Å²) in [5, 5.41) is 12.3. The molecule has 0 saturated heterocycles. The summed E-state index contributed by atoms with van der Waals surface area (Å²) >= 11 is 0. The van der Waals surface area contributed by atoms with Gasteiger partial charge < -0.3 is 15.2 Å². The van der Waals surface area contributed by atoms with Gasteiger partial charge in [-0.3, -0.25) is 0 Å². The summed E-state index contributed by atoms with van der Waals surface area (Å²) < 4.78 is 5.05. The van der Waals surface area contributed by atoms with Gasteiger partial charge in [0, 0.05) is 26.9 Å². The molecule has 0 rings (SSSR count). The number of aliphatic hydroxyl groups excluding tert-OH is 1. The summed E-state index contributed by atoms with van der Waals surface area (Å²) in [6.07, 6.45) is 0.846. The molecule has 0 saturated carbocycles. The molecule has 86 valence electrons. The summed E-state index contributed by atoms with van der Waals surface area (Å²) in [4.78, 5) is 0. The highest BCUT2D eigenvalue weighted by atomic mass is 16.5. The zero-order chi connectivity index (χ0) is 11.0. The fourth-order valence-corrected chi connectivity index (χ4v) is 1.39. The minimum Gasteiger partial charge on any atom is -0.396 e. The van der Waals surface area contributed by atoms with Gasteiger partial charge in [-0.05, 0) is 24.3 Å². The molecule has 2 N–H and O–H groups in total. The molecule has 0 aromatic carbocycles. The van der Waals surface area contributed by atoms with E-state index < -0.39 is 0 Å². The Labute approximate surface area is 87.8 Å². The van der Waals surface area contributed by atoms with Gasteiger partial charge in [-0.1, -0.05) is 20.8 Å². The van der Waals surface area contributed by atoms with Gasteiger partial charge in [-0.15, -0.1) is 0 Å². The van der Waals surface area contributed by atoms with Crippen molar-refractivity contribution in [2.24, 2.45) is 11.3 Å². The second kappa shape index (κ2) is 7.21. The van der Waals surface area contributed by atoms with Gasteiger partial charge in [-0.2, -0.15) is 0 Å². The van der Waals surface area contributed by atoms with Crippen LogP contribution < -0.4 is 5.32 Å². The molecule has 3 heteroatoms. The molecule has 0 aliphatic carbocycles. The second-order valence-corrected chi connectivity index (χ2v) is 4.83. The second-order valence-electron chi connectivity index (χ2n) is 4.83. The Balaban J connectivity index is 3.51. The Bertz CT molecular complexity index is 137. The summed E-state index contributed by atoms with van der Waals surface area (Å²) in [5.74, 6) is 0.546. The average molecular weight is 203 g/mol. The predicted octanol–water partition coefficient (Wildman–Crippen LogP) is 1.27. The van der Waals surface area contributed by atoms with Crippen LogP contribution in [0.15, 0.2) is 0 Å². The van der Waals surface area contributed by atoms with E-state index in [2.05, 4.69) is 26.1 Å². The highest BCUT2D eigenvalue weighted by Gasteiger charge is 2.16. The monoisotopic (exact) mass is 203 g/mol. The maximum absolute atomic E-state index is 8.85. The third kappa shape index (κ3) is 7.30. The van der Waals surface area contributed by atoms with E-state index in [0.717, 1.165) is 26.1 Å². The SMILES string of the molecule is COCC(C)CNCC(C)(C)CCO. The van der Waals surface area contributed by atoms with E-state index in [9.17, 15) is 0 Å². The Morgan fingerprint density at radius 1 is 1.43 bits per heavy atom. The van der Waals surface area contributed by atoms with Crippen LogP contribution in [0.2, 0.25) is 0 Å². The van der Waals surface area contributed by atoms with Crippen molar-refractivity contribution in [3.63, 3.8) is 0 Å². The zero-order valence-electron chi connectivity index (χ0n) is 9.97. The molecule has 0 aliphatic heterocycles. The number of rotatable bonds is 8. The van der Waals surface area contributed by atoms with E-state index in [4.69, 9.17) is 9.84 Å². The topological polar surface area (TPSA) is 41.5 Å². The summed E-state index contributed by atoms with van der Waals surface area (Å²) in [6.45, 7) is 9.48. The Hall–Kier alpha value is -0.120. The number of hydrogen-bond acceptors (Lipinski definition) is 3. The molecule has 0 aliphatic rings. The highest BCUT2D eigenvalue weighted by molar-refractivity contribution is 4.71. The lowest BCUT2D eigenvalue weighted by Gasteiger charge is -2.24. The first-order valence-electron chi connectivity index (χ1n) is 5.32. The van der Waals surface area contributed by atoms with Gasteiger partial charge in [0.25, 0.3) is 0 Å². The van der Waals surface area contributed by atoms with Crippen molar-refractivity contribution in [3.8, 4) is 0 Å². The molecule has 0 aromatic rings. The molecule has 0 heterocycles. The lowest BCUT2D eigenvalue weighted by molar-refractivity contribution is 0.154. The molecule has 0 fully saturated rings. The van der Waals surface area contributed by atoms with E-state index >= 15 is 0 Å². The van der Waals surface area contributed by atoms with Crippen LogP contribution in [0.25, 0.3) is 0 Å². The van der Waals surface area contributed by atoms with E-state index in [1.807, 2.05) is 0 Å². The van der Waals surface area contributed by atoms with Gasteiger partial charge in [0.05, 0.1) is 0 Å². The minimum absolute atomic E-state index is 0.182. The van der Waals surface area contributed by atoms with Crippen molar-refractivity contribution in [1.82, 2.24) is 5.32 Å². The first-order chi connectivity index (χ1) is 6.52. The van der Waals surface area contributed by atoms with Crippen LogP contribution in [0.1, 0.15) is 27.2 Å². The molecule has 3 nitrogen and oxygen atoms in total. The zero-order valence-corrected chi connectivity index (χ0v) is 9.97. The number of aliphatic hydroxyl groups is 1. The highest BCUT2D eigenvalue weighted by Crippen LogP contribution is 2.17. The van der Waals surface area contributed by atoms with Crippen LogP contribution in [0.5, 0.6) is 0 Å². The fraction of sp³-hybridized carbons (Fsp3) is 1.00. The van der Waals surface area contributed by atoms with Crippen LogP contribution >= 0.6 is 0 Å². The number of methoxy groups -OCH3 is 1. The smallest absolute Gasteiger partial charge is 0.0499 e. The standard InChI is InChI=1S/C11H25NO2/c1-10(8-14-4)7-12-9-11(2,3)5-6-13/h10,12-13H,5-9H2,1-4H3. The Kier molecular flexibility index (Phi) is 7.15. The lowest BCUT2D eigenvalue weighted by Crippen LogP contribution is -2.33. The third-order valence-corrected chi connectivity index (χ3v) is 2.34. The molecule has 0 spiro atoms. The van der Waals surface area contributed by atoms with Gasteiger partial charge >= 0.3 is 0 Å². The van der Waals surface area contributed by atoms with Crippen LogP contribution in [-0.4, -0.2) is 38.5 Å². The summed E-state index contributed by atoms with van der Waals surface area (Å²) in [5.41, 5.74) is 0.182. The van der Waals surface area contributed by atoms with Crippen molar-refractivity contribution in [1.29, 1.82) is 0 Å². The summed E-state index contributed by atoms with van der Waals surface area (Å²) in [6, 6.07) is 0. The van der Waals surface area contributed by atoms with Gasteiger partial charge in [0.2, 0.25) is 0 Å². The lowest BCUT2D eigenvalue weighted by atomic mass is 9.89. The van der Waals surface area contributed by atoms with Crippen LogP contribution in [0.4, 0.5) is 0 Å². The van der Waals surface area contributed by atoms with Crippen molar-refractivity contribution >= 4 is 0 Å². The molecule has 0 amide bonds. The van der Waals surface area contributed by atoms with Crippen LogP contribution in [-0.2, 0) is 4.74 Å². The van der Waals surface area contributed by atoms with Crippen LogP contribution in [0.3, 0.4) is 0 Å². The van der Waals surface area contributed by atoms with Crippen molar-refractivity contribution < 1.29 is 9.84 Å². The predicted molar refractivity (Wildman–Crippen MR) is 59.4 cm³/mol. The van der Waals surface area contributed by atoms with Crippen molar-refractivity contribution in [3.05, 3.63) is 0 Å². The van der Waals surface area contributed by atoms with E-state index in [1.54, 1.807) is 7.11 Å². The minimum atomic E-state index is 0.182. The molecule has 1 unspecified atom stereocenters. The quantitative estimate of drug-likeness (QED) is 0.624. The van der Waals surface area contributed by atoms with Crippen LogP contribution in [0, 0.1) is 11.3 Å². The normalized spacial score (nSPS) is 14.4. The number of hydrogen-bond donors (Lipinski definition) is 2. The van der Waals surface area contributed by atoms with Gasteiger partial charge in [0.1, 0.15) is 0 Å². The van der Waals surface area contributed by atoms with E-state index in [-0.39, 0.29) is 12.0 Å². The third-order valence-electron chi connectivity index (χ3n) is 2.34. The molecule has 0 bridgehead atoms. The van der Waals surface area contributed by atoms with E-state index in [1.165, 1.54) is 0 Å². The van der Waals surface area contributed by atoms with Crippen molar-refractivity contribution in [2.75, 3.05) is 33.4 Å². The van der Waals surface area contributed by atoms with Gasteiger partial charge in [-0.25, -0.2) is 0 Å². The largest absolute Gasteiger partial charge is 0.396 e. The van der Waals surface area contributed by atoms with Crippen molar-refractivity contribution in [2.45, 2.75) is 27.2 Å². The average Bonchev–Trinajstić information content (AvgIpc) is 2.03. The Morgan fingerprint density at radius 2 is 2.07 bits per heavy atom. The molecule has 0 aromatic heterocycles. The summed E-state index contributed by atoms with van der Waals surface area (Å²) in [7, 11) is 1.73. The molecule has 14 heavy (non-hydrogen) atoms. The maximum atomic E-state index is 8.85. The molecular formula is C11H25NO2. The first-order valence-corrected chi connectivity index (χ1v) is 5.32. The van der Waals surface area contributed by atoms with Gasteiger partial charge in [0.15, 0.2) is 0 Å². The molecule has 0 radical (unpaired) electrons.